The number of H-pyrrole nitrogens is 1. The van der Waals surface area contributed by atoms with Gasteiger partial charge in [0.1, 0.15) is 0 Å². The number of aromatic nitrogens is 3. The van der Waals surface area contributed by atoms with Crippen LogP contribution in [-0.4, -0.2) is 40.2 Å². The van der Waals surface area contributed by atoms with E-state index in [1.807, 2.05) is 6.92 Å². The zero-order valence-corrected chi connectivity index (χ0v) is 7.82. The van der Waals surface area contributed by atoms with E-state index in [1.54, 1.807) is 4.90 Å². The summed E-state index contributed by atoms with van der Waals surface area (Å²) in [5.41, 5.74) is 5.40. The molecule has 0 bridgehead atoms. The van der Waals surface area contributed by atoms with Crippen molar-refractivity contribution in [2.75, 3.05) is 23.7 Å². The average Bonchev–Trinajstić information content (AvgIpc) is 2.50. The molecule has 0 aromatic carbocycles. The summed E-state index contributed by atoms with van der Waals surface area (Å²) in [6.45, 7) is 2.91. The minimum atomic E-state index is -0.0212. The van der Waals surface area contributed by atoms with E-state index in [9.17, 15) is 4.79 Å². The summed E-state index contributed by atoms with van der Waals surface area (Å²) >= 11 is 0. The van der Waals surface area contributed by atoms with Crippen molar-refractivity contribution in [2.45, 2.75) is 13.0 Å². The molecule has 0 saturated carbocycles. The summed E-state index contributed by atoms with van der Waals surface area (Å²) in [6, 6.07) is 0.107. The number of hydrogen-bond donors (Lipinski definition) is 3. The first kappa shape index (κ1) is 8.79. The second-order valence-electron chi connectivity index (χ2n) is 3.37. The van der Waals surface area contributed by atoms with Crippen molar-refractivity contribution in [3.05, 3.63) is 0 Å². The number of aromatic amines is 1. The van der Waals surface area contributed by atoms with Crippen molar-refractivity contribution >= 4 is 17.8 Å². The predicted octanol–water partition coefficient (Wildman–Crippen LogP) is -1.29. The predicted molar refractivity (Wildman–Crippen MR) is 50.6 cm³/mol. The topological polar surface area (TPSA) is 99.9 Å². The molecule has 1 unspecified atom stereocenters. The second-order valence-corrected chi connectivity index (χ2v) is 3.37. The Morgan fingerprint density at radius 3 is 3.00 bits per heavy atom. The minimum Gasteiger partial charge on any atom is -0.368 e. The third-order valence-electron chi connectivity index (χ3n) is 2.01. The monoisotopic (exact) mass is 196 g/mol. The highest BCUT2D eigenvalue weighted by atomic mass is 16.2. The summed E-state index contributed by atoms with van der Waals surface area (Å²) in [4.78, 5) is 17.0. The molecular formula is C7H12N6O. The van der Waals surface area contributed by atoms with Gasteiger partial charge < -0.3 is 16.0 Å². The molecule has 1 aromatic heterocycles. The molecule has 14 heavy (non-hydrogen) atoms. The van der Waals surface area contributed by atoms with Crippen LogP contribution in [-0.2, 0) is 4.79 Å². The molecule has 1 saturated heterocycles. The maximum atomic E-state index is 11.2. The van der Waals surface area contributed by atoms with E-state index in [4.69, 9.17) is 5.73 Å². The van der Waals surface area contributed by atoms with E-state index in [1.165, 1.54) is 0 Å². The van der Waals surface area contributed by atoms with Gasteiger partial charge in [0.25, 0.3) is 0 Å². The molecule has 1 aromatic rings. The normalized spacial score (nSPS) is 22.2. The van der Waals surface area contributed by atoms with Crippen LogP contribution in [0.5, 0.6) is 0 Å². The highest BCUT2D eigenvalue weighted by Gasteiger charge is 2.23. The molecule has 2 heterocycles. The lowest BCUT2D eigenvalue weighted by atomic mass is 10.2. The van der Waals surface area contributed by atoms with Gasteiger partial charge in [0.2, 0.25) is 17.8 Å². The summed E-state index contributed by atoms with van der Waals surface area (Å²) in [6.07, 6.45) is 0. The molecule has 0 aliphatic carbocycles. The van der Waals surface area contributed by atoms with Crippen LogP contribution in [0.2, 0.25) is 0 Å². The van der Waals surface area contributed by atoms with Gasteiger partial charge in [-0.1, -0.05) is 0 Å². The number of carbonyl (C=O) groups excluding carboxylic acids is 1. The van der Waals surface area contributed by atoms with Crippen LogP contribution in [0.4, 0.5) is 11.9 Å². The largest absolute Gasteiger partial charge is 0.368 e. The highest BCUT2D eigenvalue weighted by Crippen LogP contribution is 2.10. The van der Waals surface area contributed by atoms with E-state index >= 15 is 0 Å². The lowest BCUT2D eigenvalue weighted by molar-refractivity contribution is -0.121. The van der Waals surface area contributed by atoms with E-state index in [2.05, 4.69) is 20.5 Å². The van der Waals surface area contributed by atoms with Gasteiger partial charge in [0.05, 0.1) is 6.54 Å². The minimum absolute atomic E-state index is 0.0212. The molecule has 0 radical (unpaired) electrons. The van der Waals surface area contributed by atoms with Gasteiger partial charge in [-0.15, -0.1) is 5.10 Å². The lowest BCUT2D eigenvalue weighted by Gasteiger charge is -2.29. The molecule has 7 heteroatoms. The molecule has 1 fully saturated rings. The zero-order valence-electron chi connectivity index (χ0n) is 7.82. The molecule has 2 rings (SSSR count). The second kappa shape index (κ2) is 3.17. The van der Waals surface area contributed by atoms with Crippen molar-refractivity contribution in [2.24, 2.45) is 0 Å². The number of nitrogens with two attached hydrogens (primary N) is 1. The van der Waals surface area contributed by atoms with E-state index < -0.39 is 0 Å². The Kier molecular flexibility index (Phi) is 1.99. The number of nitrogen functional groups attached to an aromatic ring is 1. The quantitative estimate of drug-likeness (QED) is 0.519. The standard InChI is InChI=1S/C7H12N6O/c1-4-2-13(3-5(14)9-4)7-10-6(8)11-12-7/h4H,2-3H2,1H3,(H,9,14)(H3,8,10,11,12). The van der Waals surface area contributed by atoms with Crippen molar-refractivity contribution in [3.8, 4) is 0 Å². The number of amides is 1. The maximum absolute atomic E-state index is 11.2. The summed E-state index contributed by atoms with van der Waals surface area (Å²) in [7, 11) is 0. The SMILES string of the molecule is CC1CN(c2n[nH]c(N)n2)CC(=O)N1. The summed E-state index contributed by atoms with van der Waals surface area (Å²) < 4.78 is 0. The van der Waals surface area contributed by atoms with Crippen LogP contribution in [0.25, 0.3) is 0 Å². The summed E-state index contributed by atoms with van der Waals surface area (Å²) in [5, 5.41) is 9.24. The van der Waals surface area contributed by atoms with Gasteiger partial charge in [-0.2, -0.15) is 4.98 Å². The smallest absolute Gasteiger partial charge is 0.246 e. The molecule has 4 N–H and O–H groups in total. The summed E-state index contributed by atoms with van der Waals surface area (Å²) in [5.74, 6) is 0.718. The molecule has 1 amide bonds. The Morgan fingerprint density at radius 1 is 1.64 bits per heavy atom. The fraction of sp³-hybridized carbons (Fsp3) is 0.571. The van der Waals surface area contributed by atoms with Crippen molar-refractivity contribution in [1.82, 2.24) is 20.5 Å². The van der Waals surface area contributed by atoms with E-state index in [-0.39, 0.29) is 24.4 Å². The lowest BCUT2D eigenvalue weighted by Crippen LogP contribution is -2.53. The van der Waals surface area contributed by atoms with Crippen LogP contribution in [0.15, 0.2) is 0 Å². The zero-order chi connectivity index (χ0) is 10.1. The first-order valence-corrected chi connectivity index (χ1v) is 4.37. The van der Waals surface area contributed by atoms with Gasteiger partial charge in [0.15, 0.2) is 0 Å². The van der Waals surface area contributed by atoms with Gasteiger partial charge in [0, 0.05) is 12.6 Å². The molecule has 76 valence electrons. The number of hydrogen-bond acceptors (Lipinski definition) is 5. The van der Waals surface area contributed by atoms with Crippen LogP contribution in [0.3, 0.4) is 0 Å². The number of nitrogens with zero attached hydrogens (tertiary/aromatic N) is 3. The van der Waals surface area contributed by atoms with Crippen LogP contribution < -0.4 is 16.0 Å². The molecule has 1 aliphatic heterocycles. The third-order valence-corrected chi connectivity index (χ3v) is 2.01. The molecule has 1 aliphatic rings. The van der Waals surface area contributed by atoms with Gasteiger partial charge in [-0.3, -0.25) is 4.79 Å². The van der Waals surface area contributed by atoms with Crippen molar-refractivity contribution in [3.63, 3.8) is 0 Å². The van der Waals surface area contributed by atoms with Gasteiger partial charge in [-0.25, -0.2) is 5.10 Å². The van der Waals surface area contributed by atoms with Crippen LogP contribution in [0.1, 0.15) is 6.92 Å². The maximum Gasteiger partial charge on any atom is 0.246 e. The Labute approximate surface area is 80.7 Å². The molecule has 1 atom stereocenters. The fourth-order valence-corrected chi connectivity index (χ4v) is 1.49. The third kappa shape index (κ3) is 1.61. The average molecular weight is 196 g/mol. The Hall–Kier alpha value is -1.79. The first-order valence-electron chi connectivity index (χ1n) is 4.37. The fourth-order valence-electron chi connectivity index (χ4n) is 1.49. The van der Waals surface area contributed by atoms with Crippen molar-refractivity contribution in [1.29, 1.82) is 0 Å². The Morgan fingerprint density at radius 2 is 2.43 bits per heavy atom. The highest BCUT2D eigenvalue weighted by molar-refractivity contribution is 5.82. The molecule has 0 spiro atoms. The number of piperazine rings is 1. The molecular weight excluding hydrogens is 184 g/mol. The van der Waals surface area contributed by atoms with Crippen LogP contribution >= 0.6 is 0 Å². The van der Waals surface area contributed by atoms with Gasteiger partial charge >= 0.3 is 0 Å². The molecule has 7 nitrogen and oxygen atoms in total. The van der Waals surface area contributed by atoms with Crippen LogP contribution in [0, 0.1) is 0 Å². The van der Waals surface area contributed by atoms with E-state index in [0.717, 1.165) is 0 Å². The number of rotatable bonds is 1. The van der Waals surface area contributed by atoms with E-state index in [0.29, 0.717) is 12.5 Å². The van der Waals surface area contributed by atoms with Gasteiger partial charge in [-0.05, 0) is 6.92 Å². The van der Waals surface area contributed by atoms with Crippen molar-refractivity contribution < 1.29 is 4.79 Å². The Balaban J connectivity index is 2.14. The number of nitrogens with one attached hydrogen (secondary N) is 2. The number of anilines is 2. The number of carbonyl (C=O) groups is 1. The first-order chi connectivity index (χ1) is 6.65. The Bertz CT molecular complexity index is 348.